The van der Waals surface area contributed by atoms with Gasteiger partial charge in [-0.25, -0.2) is 0 Å². The zero-order valence-corrected chi connectivity index (χ0v) is 13.3. The van der Waals surface area contributed by atoms with Crippen LogP contribution in [0.3, 0.4) is 0 Å². The molecule has 1 aliphatic heterocycles. The maximum absolute atomic E-state index is 12.2. The molecule has 0 saturated heterocycles. The van der Waals surface area contributed by atoms with Crippen molar-refractivity contribution in [2.75, 3.05) is 5.75 Å². The fourth-order valence-corrected chi connectivity index (χ4v) is 3.43. The number of Topliss-reactive ketones (excluding diaryl/α,β-unsaturated/α-hetero) is 1. The molecule has 7 nitrogen and oxygen atoms in total. The van der Waals surface area contributed by atoms with Gasteiger partial charge in [-0.3, -0.25) is 14.9 Å². The second-order valence-corrected chi connectivity index (χ2v) is 6.32. The normalized spacial score (nSPS) is 14.1. The summed E-state index contributed by atoms with van der Waals surface area (Å²) in [6.45, 7) is 0.899. The fourth-order valence-electron chi connectivity index (χ4n) is 2.55. The summed E-state index contributed by atoms with van der Waals surface area (Å²) < 4.78 is 2.10. The molecule has 0 aliphatic carbocycles. The molecule has 0 saturated carbocycles. The number of aromatic nitrogens is 3. The van der Waals surface area contributed by atoms with Crippen LogP contribution >= 0.6 is 11.8 Å². The second-order valence-electron chi connectivity index (χ2n) is 5.38. The molecule has 23 heavy (non-hydrogen) atoms. The first-order valence-electron chi connectivity index (χ1n) is 7.47. The lowest BCUT2D eigenvalue weighted by molar-refractivity contribution is -0.384. The maximum Gasteiger partial charge on any atom is 0.269 e. The maximum atomic E-state index is 12.2. The fraction of sp³-hybridized carbons (Fsp3) is 0.400. The van der Waals surface area contributed by atoms with E-state index in [-0.39, 0.29) is 17.2 Å². The van der Waals surface area contributed by atoms with Crippen LogP contribution in [0.2, 0.25) is 0 Å². The molecule has 0 radical (unpaired) electrons. The number of non-ortho nitro benzene ring substituents is 1. The van der Waals surface area contributed by atoms with Gasteiger partial charge in [0.15, 0.2) is 10.9 Å². The van der Waals surface area contributed by atoms with Gasteiger partial charge in [0, 0.05) is 30.7 Å². The third kappa shape index (κ3) is 3.58. The van der Waals surface area contributed by atoms with Gasteiger partial charge in [0.1, 0.15) is 5.82 Å². The topological polar surface area (TPSA) is 90.9 Å². The average molecular weight is 332 g/mol. The Kier molecular flexibility index (Phi) is 4.71. The van der Waals surface area contributed by atoms with Crippen LogP contribution in [0.15, 0.2) is 29.4 Å². The number of carbonyl (C=O) groups excluding carboxylic acids is 1. The molecule has 2 heterocycles. The van der Waals surface area contributed by atoms with Crippen molar-refractivity contribution in [3.63, 3.8) is 0 Å². The summed E-state index contributed by atoms with van der Waals surface area (Å²) in [4.78, 5) is 22.4. The SMILES string of the molecule is O=C(CSc1nnc2n1CCCCC2)c1ccc([N+](=O)[O-])cc1. The molecular formula is C15H16N4O3S. The van der Waals surface area contributed by atoms with E-state index in [2.05, 4.69) is 14.8 Å². The van der Waals surface area contributed by atoms with Gasteiger partial charge in [-0.05, 0) is 25.0 Å². The molecular weight excluding hydrogens is 316 g/mol. The molecule has 0 N–H and O–H groups in total. The van der Waals surface area contributed by atoms with Crippen LogP contribution in [0.4, 0.5) is 5.69 Å². The van der Waals surface area contributed by atoms with E-state index in [9.17, 15) is 14.9 Å². The number of carbonyl (C=O) groups is 1. The van der Waals surface area contributed by atoms with Crippen LogP contribution < -0.4 is 0 Å². The van der Waals surface area contributed by atoms with Gasteiger partial charge in [-0.2, -0.15) is 0 Å². The summed E-state index contributed by atoms with van der Waals surface area (Å²) in [5.74, 6) is 1.17. The predicted molar refractivity (Wildman–Crippen MR) is 85.7 cm³/mol. The van der Waals surface area contributed by atoms with E-state index < -0.39 is 4.92 Å². The molecule has 0 spiro atoms. The van der Waals surface area contributed by atoms with Crippen LogP contribution in [0.25, 0.3) is 0 Å². The molecule has 0 unspecified atom stereocenters. The van der Waals surface area contributed by atoms with Crippen molar-refractivity contribution < 1.29 is 9.72 Å². The van der Waals surface area contributed by atoms with Crippen molar-refractivity contribution >= 4 is 23.2 Å². The molecule has 2 aromatic rings. The Balaban J connectivity index is 1.65. The van der Waals surface area contributed by atoms with Crippen molar-refractivity contribution in [1.29, 1.82) is 0 Å². The number of hydrogen-bond acceptors (Lipinski definition) is 6. The number of thioether (sulfide) groups is 1. The van der Waals surface area contributed by atoms with Crippen molar-refractivity contribution in [3.05, 3.63) is 45.8 Å². The van der Waals surface area contributed by atoms with E-state index in [1.54, 1.807) is 0 Å². The first-order chi connectivity index (χ1) is 11.1. The van der Waals surface area contributed by atoms with Gasteiger partial charge >= 0.3 is 0 Å². The zero-order valence-electron chi connectivity index (χ0n) is 12.5. The highest BCUT2D eigenvalue weighted by Crippen LogP contribution is 2.23. The monoisotopic (exact) mass is 332 g/mol. The van der Waals surface area contributed by atoms with Gasteiger partial charge in [0.05, 0.1) is 10.7 Å². The number of nitrogens with zero attached hydrogens (tertiary/aromatic N) is 4. The van der Waals surface area contributed by atoms with Crippen molar-refractivity contribution in [1.82, 2.24) is 14.8 Å². The van der Waals surface area contributed by atoms with E-state index in [0.717, 1.165) is 36.8 Å². The Labute approximate surface area is 137 Å². The predicted octanol–water partition coefficient (Wildman–Crippen LogP) is 2.89. The molecule has 120 valence electrons. The Morgan fingerprint density at radius 1 is 1.22 bits per heavy atom. The van der Waals surface area contributed by atoms with Gasteiger partial charge in [0.25, 0.3) is 5.69 Å². The Bertz CT molecular complexity index is 727. The second kappa shape index (κ2) is 6.91. The summed E-state index contributed by atoms with van der Waals surface area (Å²) >= 11 is 1.37. The molecule has 1 aromatic carbocycles. The number of fused-ring (bicyclic) bond motifs is 1. The summed E-state index contributed by atoms with van der Waals surface area (Å²) in [6.07, 6.45) is 4.36. The minimum absolute atomic E-state index is 0.0167. The Morgan fingerprint density at radius 2 is 2.00 bits per heavy atom. The van der Waals surface area contributed by atoms with E-state index in [4.69, 9.17) is 0 Å². The minimum Gasteiger partial charge on any atom is -0.306 e. The molecule has 1 aromatic heterocycles. The van der Waals surface area contributed by atoms with Crippen LogP contribution in [0, 0.1) is 10.1 Å². The van der Waals surface area contributed by atoms with Crippen molar-refractivity contribution in [2.24, 2.45) is 0 Å². The standard InChI is InChI=1S/C15H16N4O3S/c20-13(11-5-7-12(8-6-11)19(21)22)10-23-15-17-16-14-4-2-1-3-9-18(14)15/h5-8H,1-4,9-10H2. The smallest absolute Gasteiger partial charge is 0.269 e. The number of hydrogen-bond donors (Lipinski definition) is 0. The highest BCUT2D eigenvalue weighted by molar-refractivity contribution is 7.99. The molecule has 0 amide bonds. The number of nitro groups is 1. The van der Waals surface area contributed by atoms with E-state index in [1.165, 1.54) is 42.4 Å². The largest absolute Gasteiger partial charge is 0.306 e. The number of benzene rings is 1. The summed E-state index contributed by atoms with van der Waals surface area (Å²) in [5, 5.41) is 19.8. The van der Waals surface area contributed by atoms with Crippen molar-refractivity contribution in [3.8, 4) is 0 Å². The van der Waals surface area contributed by atoms with Crippen LogP contribution in [0.1, 0.15) is 35.4 Å². The van der Waals surface area contributed by atoms with Gasteiger partial charge in [-0.15, -0.1) is 10.2 Å². The lowest BCUT2D eigenvalue weighted by Crippen LogP contribution is -2.06. The zero-order chi connectivity index (χ0) is 16.2. The van der Waals surface area contributed by atoms with E-state index in [0.29, 0.717) is 5.56 Å². The Hall–Kier alpha value is -2.22. The molecule has 3 rings (SSSR count). The molecule has 1 aliphatic rings. The number of rotatable bonds is 5. The number of aryl methyl sites for hydroxylation is 1. The molecule has 8 heteroatoms. The van der Waals surface area contributed by atoms with Crippen LogP contribution in [-0.2, 0) is 13.0 Å². The number of nitro benzene ring substituents is 1. The van der Waals surface area contributed by atoms with Gasteiger partial charge in [0.2, 0.25) is 0 Å². The minimum atomic E-state index is -0.478. The highest BCUT2D eigenvalue weighted by atomic mass is 32.2. The summed E-state index contributed by atoms with van der Waals surface area (Å²) in [5.41, 5.74) is 0.454. The van der Waals surface area contributed by atoms with E-state index >= 15 is 0 Å². The third-order valence-electron chi connectivity index (χ3n) is 3.81. The quantitative estimate of drug-likeness (QED) is 0.362. The lowest BCUT2D eigenvalue weighted by Gasteiger charge is -2.06. The highest BCUT2D eigenvalue weighted by Gasteiger charge is 2.17. The summed E-state index contributed by atoms with van der Waals surface area (Å²) in [6, 6.07) is 5.68. The van der Waals surface area contributed by atoms with E-state index in [1.807, 2.05) is 0 Å². The van der Waals surface area contributed by atoms with Gasteiger partial charge < -0.3 is 4.57 Å². The molecule has 0 fully saturated rings. The van der Waals surface area contributed by atoms with Crippen LogP contribution in [-0.4, -0.2) is 31.2 Å². The lowest BCUT2D eigenvalue weighted by atomic mass is 10.1. The Morgan fingerprint density at radius 3 is 2.74 bits per heavy atom. The molecule has 0 bridgehead atoms. The average Bonchev–Trinajstić information content (AvgIpc) is 2.79. The van der Waals surface area contributed by atoms with Gasteiger partial charge in [-0.1, -0.05) is 18.2 Å². The summed E-state index contributed by atoms with van der Waals surface area (Å²) in [7, 11) is 0. The number of ketones is 1. The molecule has 0 atom stereocenters. The third-order valence-corrected chi connectivity index (χ3v) is 4.77. The van der Waals surface area contributed by atoms with Crippen molar-refractivity contribution in [2.45, 2.75) is 37.4 Å². The van der Waals surface area contributed by atoms with Crippen LogP contribution in [0.5, 0.6) is 0 Å². The first kappa shape index (κ1) is 15.7. The first-order valence-corrected chi connectivity index (χ1v) is 8.46.